The zero-order valence-corrected chi connectivity index (χ0v) is 20.2. The summed E-state index contributed by atoms with van der Waals surface area (Å²) in [5.41, 5.74) is 5.98. The Labute approximate surface area is 186 Å². The van der Waals surface area contributed by atoms with Crippen LogP contribution in [0.4, 0.5) is 0 Å². The lowest BCUT2D eigenvalue weighted by Crippen LogP contribution is -2.43. The molecule has 0 fully saturated rings. The summed E-state index contributed by atoms with van der Waals surface area (Å²) in [4.78, 5) is 4.78. The van der Waals surface area contributed by atoms with Gasteiger partial charge in [-0.15, -0.1) is 24.0 Å². The summed E-state index contributed by atoms with van der Waals surface area (Å²) in [6, 6.07) is 8.52. The molecule has 2 aromatic rings. The monoisotopic (exact) mass is 499 g/mol. The number of rotatable bonds is 8. The van der Waals surface area contributed by atoms with E-state index in [0.29, 0.717) is 13.2 Å². The van der Waals surface area contributed by atoms with E-state index in [2.05, 4.69) is 55.6 Å². The van der Waals surface area contributed by atoms with Gasteiger partial charge >= 0.3 is 0 Å². The van der Waals surface area contributed by atoms with Gasteiger partial charge in [0.1, 0.15) is 0 Å². The quantitative estimate of drug-likeness (QED) is 0.332. The van der Waals surface area contributed by atoms with Crippen molar-refractivity contribution in [3.8, 4) is 0 Å². The molecule has 0 spiro atoms. The molecule has 6 nitrogen and oxygen atoms in total. The van der Waals surface area contributed by atoms with Crippen molar-refractivity contribution in [1.82, 2.24) is 20.4 Å². The molecule has 0 aliphatic heterocycles. The van der Waals surface area contributed by atoms with Crippen molar-refractivity contribution in [2.75, 3.05) is 13.7 Å². The minimum atomic E-state index is 0. The Morgan fingerprint density at radius 3 is 2.50 bits per heavy atom. The maximum Gasteiger partial charge on any atom is 0.191 e. The molecule has 0 saturated carbocycles. The maximum atomic E-state index is 5.29. The van der Waals surface area contributed by atoms with Crippen LogP contribution < -0.4 is 10.6 Å². The number of nitrogens with one attached hydrogen (secondary N) is 2. The molecule has 156 valence electrons. The highest BCUT2D eigenvalue weighted by Gasteiger charge is 2.14. The van der Waals surface area contributed by atoms with Gasteiger partial charge in [-0.2, -0.15) is 5.10 Å². The Hall–Kier alpha value is -1.61. The third kappa shape index (κ3) is 6.77. The normalized spacial score (nSPS) is 12.4. The highest BCUT2D eigenvalue weighted by atomic mass is 127. The van der Waals surface area contributed by atoms with Gasteiger partial charge in [0.2, 0.25) is 0 Å². The zero-order chi connectivity index (χ0) is 19.8. The van der Waals surface area contributed by atoms with E-state index in [0.717, 1.165) is 24.6 Å². The fourth-order valence-corrected chi connectivity index (χ4v) is 3.20. The number of hydrogen-bond donors (Lipinski definition) is 2. The topological polar surface area (TPSA) is 63.5 Å². The first-order valence-corrected chi connectivity index (χ1v) is 9.55. The molecule has 1 heterocycles. The van der Waals surface area contributed by atoms with Gasteiger partial charge in [-0.3, -0.25) is 4.68 Å². The second-order valence-electron chi connectivity index (χ2n) is 6.92. The van der Waals surface area contributed by atoms with Crippen LogP contribution in [0.2, 0.25) is 0 Å². The predicted molar refractivity (Wildman–Crippen MR) is 126 cm³/mol. The van der Waals surface area contributed by atoms with Crippen molar-refractivity contribution < 1.29 is 4.74 Å². The van der Waals surface area contributed by atoms with Crippen molar-refractivity contribution in [3.63, 3.8) is 0 Å². The van der Waals surface area contributed by atoms with Crippen molar-refractivity contribution in [2.24, 2.45) is 12.0 Å². The smallest absolute Gasteiger partial charge is 0.191 e. The van der Waals surface area contributed by atoms with Crippen molar-refractivity contribution in [1.29, 1.82) is 0 Å². The minimum absolute atomic E-state index is 0. The van der Waals surface area contributed by atoms with Crippen LogP contribution >= 0.6 is 24.0 Å². The van der Waals surface area contributed by atoms with Crippen molar-refractivity contribution in [2.45, 2.75) is 53.3 Å². The van der Waals surface area contributed by atoms with E-state index in [4.69, 9.17) is 9.73 Å². The molecular weight excluding hydrogens is 465 g/mol. The standard InChI is InChI=1S/C21H33N5O.HI/c1-7-22-21(23-13-18-10-8-9-11-19(18)14-27-6)24-15(2)12-20-16(3)25-26(5)17(20)4;/h8-11,15H,7,12-14H2,1-6H3,(H2,22,23,24);1H. The third-order valence-corrected chi connectivity index (χ3v) is 4.72. The fourth-order valence-electron chi connectivity index (χ4n) is 3.20. The van der Waals surface area contributed by atoms with Crippen molar-refractivity contribution in [3.05, 3.63) is 52.3 Å². The van der Waals surface area contributed by atoms with E-state index in [9.17, 15) is 0 Å². The SMILES string of the molecule is CCNC(=NCc1ccccc1COC)NC(C)Cc1c(C)nn(C)c1C.I. The number of benzene rings is 1. The zero-order valence-electron chi connectivity index (χ0n) is 17.9. The Kier molecular flexibility index (Phi) is 10.5. The molecule has 1 aromatic carbocycles. The number of nitrogens with zero attached hydrogens (tertiary/aromatic N) is 3. The van der Waals surface area contributed by atoms with E-state index in [1.807, 2.05) is 23.9 Å². The van der Waals surface area contributed by atoms with E-state index in [1.165, 1.54) is 22.4 Å². The number of guanidine groups is 1. The molecular formula is C21H34IN5O. The highest BCUT2D eigenvalue weighted by Crippen LogP contribution is 2.14. The Morgan fingerprint density at radius 2 is 1.93 bits per heavy atom. The summed E-state index contributed by atoms with van der Waals surface area (Å²) in [6.07, 6.45) is 0.913. The molecule has 0 radical (unpaired) electrons. The Morgan fingerprint density at radius 1 is 1.25 bits per heavy atom. The first kappa shape index (κ1) is 24.4. The number of halogens is 1. The molecule has 0 amide bonds. The molecule has 0 aliphatic carbocycles. The molecule has 0 aliphatic rings. The Balaban J connectivity index is 0.00000392. The van der Waals surface area contributed by atoms with Crippen LogP contribution in [0.3, 0.4) is 0 Å². The van der Waals surface area contributed by atoms with E-state index >= 15 is 0 Å². The first-order valence-electron chi connectivity index (χ1n) is 9.55. The lowest BCUT2D eigenvalue weighted by atomic mass is 10.1. The number of methoxy groups -OCH3 is 1. The molecule has 0 bridgehead atoms. The lowest BCUT2D eigenvalue weighted by molar-refractivity contribution is 0.184. The van der Waals surface area contributed by atoms with Crippen LogP contribution in [0.1, 0.15) is 41.9 Å². The second kappa shape index (κ2) is 12.1. The van der Waals surface area contributed by atoms with Crippen LogP contribution in [-0.2, 0) is 31.4 Å². The third-order valence-electron chi connectivity index (χ3n) is 4.72. The van der Waals surface area contributed by atoms with Gasteiger partial charge in [0.25, 0.3) is 0 Å². The largest absolute Gasteiger partial charge is 0.380 e. The van der Waals surface area contributed by atoms with Crippen LogP contribution in [0, 0.1) is 13.8 Å². The van der Waals surface area contributed by atoms with Crippen LogP contribution in [-0.4, -0.2) is 35.4 Å². The molecule has 2 rings (SSSR count). The molecule has 7 heteroatoms. The number of aliphatic imine (C=N–C) groups is 1. The second-order valence-corrected chi connectivity index (χ2v) is 6.92. The Bertz CT molecular complexity index is 772. The summed E-state index contributed by atoms with van der Waals surface area (Å²) in [6.45, 7) is 10.5. The summed E-state index contributed by atoms with van der Waals surface area (Å²) < 4.78 is 7.24. The van der Waals surface area contributed by atoms with Gasteiger partial charge < -0.3 is 15.4 Å². The highest BCUT2D eigenvalue weighted by molar-refractivity contribution is 14.0. The predicted octanol–water partition coefficient (Wildman–Crippen LogP) is 3.49. The van der Waals surface area contributed by atoms with Gasteiger partial charge in [-0.1, -0.05) is 24.3 Å². The maximum absolute atomic E-state index is 5.29. The van der Waals surface area contributed by atoms with E-state index in [1.54, 1.807) is 7.11 Å². The first-order chi connectivity index (χ1) is 13.0. The summed E-state index contributed by atoms with van der Waals surface area (Å²) in [5.74, 6) is 0.830. The summed E-state index contributed by atoms with van der Waals surface area (Å²) in [7, 11) is 3.71. The molecule has 1 atom stereocenters. The minimum Gasteiger partial charge on any atom is -0.380 e. The lowest BCUT2D eigenvalue weighted by Gasteiger charge is -2.18. The number of aromatic nitrogens is 2. The van der Waals surface area contributed by atoms with E-state index < -0.39 is 0 Å². The molecule has 0 saturated heterocycles. The van der Waals surface area contributed by atoms with Gasteiger partial charge in [-0.25, -0.2) is 4.99 Å². The van der Waals surface area contributed by atoms with Gasteiger partial charge in [0, 0.05) is 32.4 Å². The average molecular weight is 499 g/mol. The number of aryl methyl sites for hydroxylation is 2. The number of hydrogen-bond acceptors (Lipinski definition) is 3. The molecule has 1 unspecified atom stereocenters. The van der Waals surface area contributed by atoms with Gasteiger partial charge in [0.15, 0.2) is 5.96 Å². The van der Waals surface area contributed by atoms with Crippen LogP contribution in [0.25, 0.3) is 0 Å². The summed E-state index contributed by atoms with van der Waals surface area (Å²) in [5, 5.41) is 11.4. The number of ether oxygens (including phenoxy) is 1. The summed E-state index contributed by atoms with van der Waals surface area (Å²) >= 11 is 0. The molecule has 28 heavy (non-hydrogen) atoms. The van der Waals surface area contributed by atoms with Gasteiger partial charge in [-0.05, 0) is 50.8 Å². The van der Waals surface area contributed by atoms with E-state index in [-0.39, 0.29) is 30.0 Å². The molecule has 2 N–H and O–H groups in total. The van der Waals surface area contributed by atoms with Crippen molar-refractivity contribution >= 4 is 29.9 Å². The van der Waals surface area contributed by atoms with Gasteiger partial charge in [0.05, 0.1) is 18.8 Å². The fraction of sp³-hybridized carbons (Fsp3) is 0.524. The average Bonchev–Trinajstić information content (AvgIpc) is 2.87. The van der Waals surface area contributed by atoms with Crippen LogP contribution in [0.15, 0.2) is 29.3 Å². The molecule has 1 aromatic heterocycles. The van der Waals surface area contributed by atoms with Crippen LogP contribution in [0.5, 0.6) is 0 Å².